The van der Waals surface area contributed by atoms with Crippen LogP contribution in [0.15, 0.2) is 35.7 Å². The molecule has 9 heteroatoms. The fraction of sp³-hybridized carbons (Fsp3) is 0.438. The fourth-order valence-electron chi connectivity index (χ4n) is 2.94. The number of sulfonamides is 1. The molecular formula is C16H20N6O2S. The molecule has 1 saturated carbocycles. The number of nitrogens with zero attached hydrogens (tertiary/aromatic N) is 5. The van der Waals surface area contributed by atoms with Crippen molar-refractivity contribution in [3.8, 4) is 0 Å². The van der Waals surface area contributed by atoms with Crippen molar-refractivity contribution in [3.63, 3.8) is 0 Å². The standard InChI is InChI=1S/C16H20N6O2S/c1-11(2)10-21-16(12-5-6-12)13(8-19-21)20-25(23,24)15-9-17-14-4-3-7-18-22(14)15/h3-4,7-9,11-12,20H,5-6,10H2,1-2H3. The van der Waals surface area contributed by atoms with Crippen LogP contribution in [-0.2, 0) is 16.6 Å². The second kappa shape index (κ2) is 5.83. The highest BCUT2D eigenvalue weighted by Gasteiger charge is 2.32. The molecule has 1 N–H and O–H groups in total. The maximum atomic E-state index is 12.9. The van der Waals surface area contributed by atoms with Crippen molar-refractivity contribution in [2.24, 2.45) is 5.92 Å². The lowest BCUT2D eigenvalue weighted by molar-refractivity contribution is 0.469. The molecule has 4 rings (SSSR count). The molecule has 0 radical (unpaired) electrons. The first-order valence-corrected chi connectivity index (χ1v) is 9.81. The van der Waals surface area contributed by atoms with Gasteiger partial charge in [-0.15, -0.1) is 0 Å². The Morgan fingerprint density at radius 1 is 1.28 bits per heavy atom. The molecule has 3 aromatic rings. The van der Waals surface area contributed by atoms with Crippen molar-refractivity contribution in [2.75, 3.05) is 4.72 Å². The van der Waals surface area contributed by atoms with Crippen molar-refractivity contribution in [3.05, 3.63) is 36.4 Å². The third-order valence-electron chi connectivity index (χ3n) is 4.15. The molecule has 0 spiro atoms. The van der Waals surface area contributed by atoms with Gasteiger partial charge >= 0.3 is 0 Å². The van der Waals surface area contributed by atoms with E-state index in [0.717, 1.165) is 25.1 Å². The molecule has 0 amide bonds. The number of hydrogen-bond acceptors (Lipinski definition) is 5. The molecule has 0 atom stereocenters. The fourth-order valence-corrected chi connectivity index (χ4v) is 4.05. The summed E-state index contributed by atoms with van der Waals surface area (Å²) < 4.78 is 31.6. The van der Waals surface area contributed by atoms with Crippen LogP contribution in [-0.4, -0.2) is 32.8 Å². The van der Waals surface area contributed by atoms with E-state index < -0.39 is 10.0 Å². The molecular weight excluding hydrogens is 340 g/mol. The summed E-state index contributed by atoms with van der Waals surface area (Å²) in [6.07, 6.45) is 6.58. The molecule has 3 heterocycles. The van der Waals surface area contributed by atoms with Gasteiger partial charge in [0.15, 0.2) is 10.7 Å². The van der Waals surface area contributed by atoms with Gasteiger partial charge in [0, 0.05) is 18.7 Å². The summed E-state index contributed by atoms with van der Waals surface area (Å²) in [7, 11) is -3.81. The number of imidazole rings is 1. The van der Waals surface area contributed by atoms with Gasteiger partial charge in [0.2, 0.25) is 0 Å². The van der Waals surface area contributed by atoms with Gasteiger partial charge < -0.3 is 0 Å². The van der Waals surface area contributed by atoms with Gasteiger partial charge in [-0.05, 0) is 30.9 Å². The number of rotatable bonds is 6. The number of aromatic nitrogens is 5. The lowest BCUT2D eigenvalue weighted by Crippen LogP contribution is -2.17. The monoisotopic (exact) mass is 360 g/mol. The summed E-state index contributed by atoms with van der Waals surface area (Å²) in [5.74, 6) is 0.809. The number of fused-ring (bicyclic) bond motifs is 1. The summed E-state index contributed by atoms with van der Waals surface area (Å²) in [5.41, 5.74) is 2.01. The van der Waals surface area contributed by atoms with Gasteiger partial charge in [-0.25, -0.2) is 9.50 Å². The Balaban J connectivity index is 1.71. The highest BCUT2D eigenvalue weighted by molar-refractivity contribution is 7.92. The highest BCUT2D eigenvalue weighted by Crippen LogP contribution is 2.44. The Bertz CT molecular complexity index is 1020. The van der Waals surface area contributed by atoms with Crippen LogP contribution in [0, 0.1) is 5.92 Å². The van der Waals surface area contributed by atoms with Crippen LogP contribution < -0.4 is 4.72 Å². The Morgan fingerprint density at radius 2 is 2.08 bits per heavy atom. The van der Waals surface area contributed by atoms with Crippen molar-refractivity contribution < 1.29 is 8.42 Å². The Labute approximate surface area is 145 Å². The third kappa shape index (κ3) is 2.99. The maximum absolute atomic E-state index is 12.9. The predicted octanol–water partition coefficient (Wildman–Crippen LogP) is 2.26. The van der Waals surface area contributed by atoms with Crippen LogP contribution in [0.5, 0.6) is 0 Å². The van der Waals surface area contributed by atoms with Crippen LogP contribution >= 0.6 is 0 Å². The molecule has 8 nitrogen and oxygen atoms in total. The molecule has 3 aromatic heterocycles. The van der Waals surface area contributed by atoms with Crippen LogP contribution in [0.1, 0.15) is 38.3 Å². The molecule has 0 unspecified atom stereocenters. The molecule has 0 aromatic carbocycles. The lowest BCUT2D eigenvalue weighted by Gasteiger charge is -2.12. The Kier molecular flexibility index (Phi) is 3.75. The molecule has 0 aliphatic heterocycles. The summed E-state index contributed by atoms with van der Waals surface area (Å²) >= 11 is 0. The minimum absolute atomic E-state index is 0.0152. The molecule has 1 fully saturated rings. The third-order valence-corrected chi connectivity index (χ3v) is 5.47. The summed E-state index contributed by atoms with van der Waals surface area (Å²) in [6, 6.07) is 3.43. The van der Waals surface area contributed by atoms with E-state index in [4.69, 9.17) is 0 Å². The quantitative estimate of drug-likeness (QED) is 0.728. The van der Waals surface area contributed by atoms with Crippen LogP contribution in [0.4, 0.5) is 5.69 Å². The minimum Gasteiger partial charge on any atom is -0.275 e. The zero-order valence-corrected chi connectivity index (χ0v) is 14.9. The van der Waals surface area contributed by atoms with Crippen LogP contribution in [0.2, 0.25) is 0 Å². The second-order valence-corrected chi connectivity index (χ2v) is 8.42. The molecule has 0 bridgehead atoms. The van der Waals surface area contributed by atoms with Crippen molar-refractivity contribution in [1.82, 2.24) is 24.4 Å². The number of anilines is 1. The molecule has 1 aliphatic carbocycles. The van der Waals surface area contributed by atoms with E-state index in [-0.39, 0.29) is 5.03 Å². The summed E-state index contributed by atoms with van der Waals surface area (Å²) in [6.45, 7) is 5.00. The van der Waals surface area contributed by atoms with E-state index in [0.29, 0.717) is 23.2 Å². The van der Waals surface area contributed by atoms with E-state index in [9.17, 15) is 8.42 Å². The normalized spacial score (nSPS) is 15.2. The van der Waals surface area contributed by atoms with E-state index in [1.165, 1.54) is 16.9 Å². The van der Waals surface area contributed by atoms with E-state index >= 15 is 0 Å². The zero-order valence-electron chi connectivity index (χ0n) is 14.1. The average molecular weight is 360 g/mol. The van der Waals surface area contributed by atoms with Gasteiger partial charge in [0.05, 0.1) is 23.8 Å². The molecule has 0 saturated heterocycles. The average Bonchev–Trinajstić information content (AvgIpc) is 3.16. The number of hydrogen-bond donors (Lipinski definition) is 1. The van der Waals surface area contributed by atoms with E-state index in [1.54, 1.807) is 18.3 Å². The highest BCUT2D eigenvalue weighted by atomic mass is 32.2. The first-order chi connectivity index (χ1) is 12.0. The largest absolute Gasteiger partial charge is 0.281 e. The minimum atomic E-state index is -3.81. The first-order valence-electron chi connectivity index (χ1n) is 8.33. The first kappa shape index (κ1) is 16.1. The summed E-state index contributed by atoms with van der Waals surface area (Å²) in [5, 5.41) is 8.49. The lowest BCUT2D eigenvalue weighted by atomic mass is 10.2. The van der Waals surface area contributed by atoms with Gasteiger partial charge in [-0.3, -0.25) is 9.40 Å². The summed E-state index contributed by atoms with van der Waals surface area (Å²) in [4.78, 5) is 4.10. The Hall–Kier alpha value is -2.42. The Morgan fingerprint density at radius 3 is 2.80 bits per heavy atom. The van der Waals surface area contributed by atoms with E-state index in [2.05, 4.69) is 33.8 Å². The van der Waals surface area contributed by atoms with Gasteiger partial charge in [-0.2, -0.15) is 18.6 Å². The van der Waals surface area contributed by atoms with Crippen molar-refractivity contribution in [1.29, 1.82) is 0 Å². The van der Waals surface area contributed by atoms with E-state index in [1.807, 2.05) is 4.68 Å². The maximum Gasteiger partial charge on any atom is 0.281 e. The van der Waals surface area contributed by atoms with Gasteiger partial charge in [-0.1, -0.05) is 13.8 Å². The smallest absolute Gasteiger partial charge is 0.275 e. The second-order valence-electron chi connectivity index (χ2n) is 6.79. The molecule has 25 heavy (non-hydrogen) atoms. The zero-order chi connectivity index (χ0) is 17.6. The molecule has 132 valence electrons. The van der Waals surface area contributed by atoms with Crippen LogP contribution in [0.3, 0.4) is 0 Å². The van der Waals surface area contributed by atoms with Crippen LogP contribution in [0.25, 0.3) is 5.65 Å². The topological polar surface area (TPSA) is 94.2 Å². The van der Waals surface area contributed by atoms with Gasteiger partial charge in [0.1, 0.15) is 0 Å². The SMILES string of the molecule is CC(C)Cn1ncc(NS(=O)(=O)c2cnc3cccnn23)c1C1CC1. The van der Waals surface area contributed by atoms with Crippen molar-refractivity contribution >= 4 is 21.4 Å². The predicted molar refractivity (Wildman–Crippen MR) is 92.8 cm³/mol. The van der Waals surface area contributed by atoms with Gasteiger partial charge in [0.25, 0.3) is 10.0 Å². The number of nitrogens with one attached hydrogen (secondary N) is 1. The molecule has 1 aliphatic rings. The van der Waals surface area contributed by atoms with Crippen molar-refractivity contribution in [2.45, 2.75) is 44.2 Å².